The molecule has 0 amide bonds. The van der Waals surface area contributed by atoms with Crippen molar-refractivity contribution in [3.05, 3.63) is 58.0 Å². The summed E-state index contributed by atoms with van der Waals surface area (Å²) in [5, 5.41) is 0. The fourth-order valence-electron chi connectivity index (χ4n) is 4.27. The van der Waals surface area contributed by atoms with Crippen LogP contribution in [0, 0.1) is 0 Å². The predicted octanol–water partition coefficient (Wildman–Crippen LogP) is 1.80. The van der Waals surface area contributed by atoms with E-state index >= 15 is 0 Å². The molecular formula is C29H33NO13. The molecule has 1 aromatic carbocycles. The summed E-state index contributed by atoms with van der Waals surface area (Å²) in [6, 6.07) is 9.43. The van der Waals surface area contributed by atoms with E-state index in [1.54, 1.807) is 30.3 Å². The number of rotatable bonds is 12. The largest absolute Gasteiger partial charge is 0.465 e. The van der Waals surface area contributed by atoms with Gasteiger partial charge in [-0.25, -0.2) is 4.79 Å². The van der Waals surface area contributed by atoms with Crippen molar-refractivity contribution in [2.75, 3.05) is 13.7 Å². The van der Waals surface area contributed by atoms with Crippen LogP contribution in [0.5, 0.6) is 0 Å². The van der Waals surface area contributed by atoms with Crippen LogP contribution in [0.2, 0.25) is 0 Å². The minimum absolute atomic E-state index is 0.0338. The highest BCUT2D eigenvalue weighted by Crippen LogP contribution is 2.32. The Balaban J connectivity index is 2.94. The minimum atomic E-state index is -1.80. The summed E-state index contributed by atoms with van der Waals surface area (Å²) in [7, 11) is 2.42. The Bertz CT molecular complexity index is 1430. The molecule has 2 rings (SSSR count). The van der Waals surface area contributed by atoms with Crippen molar-refractivity contribution < 1.29 is 57.2 Å². The van der Waals surface area contributed by atoms with E-state index in [1.807, 2.05) is 0 Å². The van der Waals surface area contributed by atoms with E-state index in [0.717, 1.165) is 46.3 Å². The highest BCUT2D eigenvalue weighted by molar-refractivity contribution is 5.97. The number of nitrogens with zero attached hydrogens (tertiary/aromatic N) is 1. The van der Waals surface area contributed by atoms with Gasteiger partial charge in [-0.3, -0.25) is 28.8 Å². The van der Waals surface area contributed by atoms with Gasteiger partial charge in [-0.15, -0.1) is 0 Å². The Morgan fingerprint density at radius 1 is 0.744 bits per heavy atom. The maximum Gasteiger partial charge on any atom is 0.338 e. The van der Waals surface area contributed by atoms with Crippen LogP contribution in [0.15, 0.2) is 41.2 Å². The molecule has 1 aromatic heterocycles. The molecule has 0 unspecified atom stereocenters. The van der Waals surface area contributed by atoms with Gasteiger partial charge in [0.05, 0.1) is 23.9 Å². The molecule has 0 aliphatic carbocycles. The summed E-state index contributed by atoms with van der Waals surface area (Å²) >= 11 is 0. The van der Waals surface area contributed by atoms with Gasteiger partial charge >= 0.3 is 35.8 Å². The molecule has 4 atom stereocenters. The molecule has 1 heterocycles. The number of pyridine rings is 1. The number of ether oxygens (including phenoxy) is 6. The second kappa shape index (κ2) is 15.3. The Morgan fingerprint density at radius 2 is 1.28 bits per heavy atom. The van der Waals surface area contributed by atoms with Crippen LogP contribution in [-0.4, -0.2) is 72.4 Å². The molecule has 0 radical (unpaired) electrons. The van der Waals surface area contributed by atoms with Gasteiger partial charge in [0.15, 0.2) is 24.4 Å². The number of carbonyl (C=O) groups is 6. The highest BCUT2D eigenvalue weighted by atomic mass is 16.6. The zero-order valence-electron chi connectivity index (χ0n) is 24.7. The average Bonchev–Trinajstić information content (AvgIpc) is 2.92. The summed E-state index contributed by atoms with van der Waals surface area (Å²) in [5.74, 6) is -5.38. The second-order valence-corrected chi connectivity index (χ2v) is 9.21. The number of esters is 6. The molecule has 14 nitrogen and oxygen atoms in total. The fraction of sp³-hybridized carbons (Fsp3) is 0.414. The molecule has 2 aromatic rings. The fourth-order valence-corrected chi connectivity index (χ4v) is 4.27. The van der Waals surface area contributed by atoms with E-state index in [0.29, 0.717) is 5.56 Å². The molecule has 0 fully saturated rings. The predicted molar refractivity (Wildman–Crippen MR) is 146 cm³/mol. The highest BCUT2D eigenvalue weighted by Gasteiger charge is 2.46. The third-order valence-corrected chi connectivity index (χ3v) is 5.88. The van der Waals surface area contributed by atoms with E-state index in [1.165, 1.54) is 13.1 Å². The van der Waals surface area contributed by atoms with Crippen LogP contribution in [0.1, 0.15) is 56.8 Å². The summed E-state index contributed by atoms with van der Waals surface area (Å²) in [5.41, 5.74) is -0.773. The first-order valence-corrected chi connectivity index (χ1v) is 12.9. The van der Waals surface area contributed by atoms with Crippen molar-refractivity contribution in [3.8, 4) is 11.1 Å². The summed E-state index contributed by atoms with van der Waals surface area (Å²) in [6.07, 6.45) is -6.87. The molecule has 0 bridgehead atoms. The van der Waals surface area contributed by atoms with Gasteiger partial charge in [-0.2, -0.15) is 0 Å². The van der Waals surface area contributed by atoms with Gasteiger partial charge in [0.2, 0.25) is 0 Å². The summed E-state index contributed by atoms with van der Waals surface area (Å²) < 4.78 is 32.6. The Hall–Kier alpha value is -5.01. The maximum atomic E-state index is 13.8. The lowest BCUT2D eigenvalue weighted by Gasteiger charge is -2.36. The third kappa shape index (κ3) is 9.24. The van der Waals surface area contributed by atoms with Gasteiger partial charge in [0.1, 0.15) is 6.61 Å². The molecule has 0 saturated carbocycles. The Labute approximate surface area is 246 Å². The topological polar surface area (TPSA) is 180 Å². The molecule has 14 heteroatoms. The van der Waals surface area contributed by atoms with Gasteiger partial charge in [-0.1, -0.05) is 30.3 Å². The summed E-state index contributed by atoms with van der Waals surface area (Å²) in [6.45, 7) is 4.50. The van der Waals surface area contributed by atoms with Gasteiger partial charge in [0.25, 0.3) is 5.56 Å². The number of hydrogen-bond donors (Lipinski definition) is 0. The molecular weight excluding hydrogens is 570 g/mol. The Kier molecular flexibility index (Phi) is 12.2. The van der Waals surface area contributed by atoms with Crippen molar-refractivity contribution in [2.24, 2.45) is 7.05 Å². The molecule has 0 aliphatic rings. The van der Waals surface area contributed by atoms with E-state index in [2.05, 4.69) is 0 Å². The van der Waals surface area contributed by atoms with Crippen LogP contribution in [0.4, 0.5) is 0 Å². The molecule has 0 spiro atoms. The molecule has 0 aliphatic heterocycles. The van der Waals surface area contributed by atoms with Crippen molar-refractivity contribution in [1.82, 2.24) is 4.57 Å². The van der Waals surface area contributed by atoms with Crippen LogP contribution in [0.3, 0.4) is 0 Å². The van der Waals surface area contributed by atoms with Crippen molar-refractivity contribution in [1.29, 1.82) is 0 Å². The number of carbonyl (C=O) groups excluding carboxylic acids is 6. The van der Waals surface area contributed by atoms with Crippen LogP contribution in [-0.2, 0) is 59.4 Å². The van der Waals surface area contributed by atoms with E-state index in [4.69, 9.17) is 28.4 Å². The average molecular weight is 604 g/mol. The van der Waals surface area contributed by atoms with Crippen molar-refractivity contribution in [3.63, 3.8) is 0 Å². The van der Waals surface area contributed by atoms with Crippen LogP contribution < -0.4 is 5.56 Å². The maximum absolute atomic E-state index is 13.8. The number of hydrogen-bond acceptors (Lipinski definition) is 13. The second-order valence-electron chi connectivity index (χ2n) is 9.21. The lowest BCUT2D eigenvalue weighted by Crippen LogP contribution is -2.51. The van der Waals surface area contributed by atoms with Crippen molar-refractivity contribution in [2.45, 2.75) is 59.0 Å². The normalized spacial score (nSPS) is 13.4. The van der Waals surface area contributed by atoms with Crippen LogP contribution >= 0.6 is 0 Å². The first-order valence-electron chi connectivity index (χ1n) is 12.9. The lowest BCUT2D eigenvalue weighted by atomic mass is 9.95. The van der Waals surface area contributed by atoms with Gasteiger partial charge < -0.3 is 33.0 Å². The SMILES string of the molecule is COC(=O)c1cc([C@@H](OC(C)=O)[C@H](OC(C)=O)[C@H](OC(C)=O)[C@@H](COC(C)=O)OC(C)=O)n(C)c(=O)c1-c1ccccc1. The monoisotopic (exact) mass is 603 g/mol. The molecule has 43 heavy (non-hydrogen) atoms. The smallest absolute Gasteiger partial charge is 0.338 e. The Morgan fingerprint density at radius 3 is 1.77 bits per heavy atom. The van der Waals surface area contributed by atoms with E-state index in [-0.39, 0.29) is 16.8 Å². The zero-order valence-corrected chi connectivity index (χ0v) is 24.7. The van der Waals surface area contributed by atoms with E-state index in [9.17, 15) is 33.6 Å². The van der Waals surface area contributed by atoms with Gasteiger partial charge in [0, 0.05) is 41.7 Å². The van der Waals surface area contributed by atoms with E-state index < -0.39 is 72.4 Å². The van der Waals surface area contributed by atoms with Crippen molar-refractivity contribution >= 4 is 35.8 Å². The standard InChI is InChI=1S/C29H33NO13/c1-15(31)39-14-23(40-16(2)32)26(42-18(4)34)27(43-19(5)35)25(41-17(3)33)22-13-21(29(37)38-7)24(28(36)30(22)6)20-11-9-8-10-12-20/h8-13,23,25-27H,14H2,1-7H3/t23-,25-,26-,27+/m1/s1. The third-order valence-electron chi connectivity index (χ3n) is 5.88. The van der Waals surface area contributed by atoms with Gasteiger partial charge in [-0.05, 0) is 11.6 Å². The quantitative estimate of drug-likeness (QED) is 0.253. The first kappa shape index (κ1) is 34.2. The molecule has 232 valence electrons. The lowest BCUT2D eigenvalue weighted by molar-refractivity contribution is -0.203. The number of benzene rings is 1. The molecule has 0 N–H and O–H groups in total. The zero-order chi connectivity index (χ0) is 32.4. The minimum Gasteiger partial charge on any atom is -0.465 e. The number of methoxy groups -OCH3 is 1. The van der Waals surface area contributed by atoms with Crippen LogP contribution in [0.25, 0.3) is 11.1 Å². The first-order chi connectivity index (χ1) is 20.2. The number of aromatic nitrogens is 1. The molecule has 0 saturated heterocycles. The summed E-state index contributed by atoms with van der Waals surface area (Å²) in [4.78, 5) is 87.2.